The average molecular weight is 386 g/mol. The molecule has 9 heteroatoms. The van der Waals surface area contributed by atoms with Gasteiger partial charge in [-0.1, -0.05) is 24.3 Å². The molecule has 6 nitrogen and oxygen atoms in total. The number of hydrogen-bond donors (Lipinski definition) is 2. The van der Waals surface area contributed by atoms with E-state index in [-0.39, 0.29) is 24.0 Å². The smallest absolute Gasteiger partial charge is 0.406 e. The summed E-state index contributed by atoms with van der Waals surface area (Å²) in [5, 5.41) is 5.69. The van der Waals surface area contributed by atoms with Crippen molar-refractivity contribution in [2.45, 2.75) is 12.8 Å². The number of amides is 1. The van der Waals surface area contributed by atoms with Crippen LogP contribution in [0.1, 0.15) is 5.56 Å². The van der Waals surface area contributed by atoms with Gasteiger partial charge in [-0.25, -0.2) is 9.97 Å². The van der Waals surface area contributed by atoms with Crippen LogP contribution in [-0.4, -0.2) is 22.2 Å². The highest BCUT2D eigenvalue weighted by molar-refractivity contribution is 5.99. The van der Waals surface area contributed by atoms with Crippen LogP contribution in [0, 0.1) is 0 Å². The van der Waals surface area contributed by atoms with Crippen molar-refractivity contribution in [2.24, 2.45) is 0 Å². The number of nitrogens with zero attached hydrogens (tertiary/aromatic N) is 2. The minimum absolute atomic E-state index is 0.124. The van der Waals surface area contributed by atoms with Gasteiger partial charge >= 0.3 is 6.36 Å². The molecule has 0 fully saturated rings. The maximum absolute atomic E-state index is 12.4. The summed E-state index contributed by atoms with van der Waals surface area (Å²) in [6, 6.07) is 12.6. The predicted molar refractivity (Wildman–Crippen MR) is 96.2 cm³/mol. The van der Waals surface area contributed by atoms with E-state index in [0.29, 0.717) is 22.6 Å². The third-order valence-corrected chi connectivity index (χ3v) is 4.00. The van der Waals surface area contributed by atoms with Crippen molar-refractivity contribution in [2.75, 3.05) is 10.6 Å². The van der Waals surface area contributed by atoms with Crippen LogP contribution in [0.15, 0.2) is 54.7 Å². The second-order valence-corrected chi connectivity index (χ2v) is 6.04. The molecule has 3 aromatic rings. The van der Waals surface area contributed by atoms with Gasteiger partial charge in [0, 0.05) is 29.1 Å². The average Bonchev–Trinajstić information content (AvgIpc) is 2.76. The van der Waals surface area contributed by atoms with Gasteiger partial charge in [0.15, 0.2) is 0 Å². The molecule has 4 rings (SSSR count). The van der Waals surface area contributed by atoms with E-state index in [1.807, 2.05) is 12.1 Å². The van der Waals surface area contributed by atoms with E-state index >= 15 is 0 Å². The molecule has 0 unspecified atom stereocenters. The van der Waals surface area contributed by atoms with Crippen LogP contribution in [0.5, 0.6) is 5.75 Å². The van der Waals surface area contributed by atoms with Gasteiger partial charge in [0.05, 0.1) is 17.8 Å². The number of benzene rings is 2. The molecule has 0 atom stereocenters. The van der Waals surface area contributed by atoms with E-state index in [1.54, 1.807) is 18.2 Å². The molecule has 0 radical (unpaired) electrons. The molecule has 0 spiro atoms. The predicted octanol–water partition coefficient (Wildman–Crippen LogP) is 4.28. The molecule has 142 valence electrons. The first-order valence-corrected chi connectivity index (χ1v) is 8.25. The Morgan fingerprint density at radius 1 is 1.11 bits per heavy atom. The van der Waals surface area contributed by atoms with Crippen molar-refractivity contribution in [1.29, 1.82) is 0 Å². The molecule has 1 aliphatic rings. The number of alkyl halides is 3. The second-order valence-electron chi connectivity index (χ2n) is 6.04. The van der Waals surface area contributed by atoms with Crippen molar-refractivity contribution in [3.05, 3.63) is 60.3 Å². The number of halogens is 3. The van der Waals surface area contributed by atoms with E-state index in [9.17, 15) is 18.0 Å². The summed E-state index contributed by atoms with van der Waals surface area (Å²) in [4.78, 5) is 20.7. The Morgan fingerprint density at radius 2 is 1.93 bits per heavy atom. The van der Waals surface area contributed by atoms with Crippen molar-refractivity contribution < 1.29 is 22.7 Å². The summed E-state index contributed by atoms with van der Waals surface area (Å²) in [5.74, 6) is -0.341. The van der Waals surface area contributed by atoms with Crippen molar-refractivity contribution in [3.63, 3.8) is 0 Å². The Labute approximate surface area is 157 Å². The fourth-order valence-corrected chi connectivity index (χ4v) is 2.90. The van der Waals surface area contributed by atoms with Crippen molar-refractivity contribution in [3.8, 4) is 17.0 Å². The standard InChI is InChI=1S/C19H13F3N4O2/c20-19(21,22)28-13-5-3-4-12(9-13)24-18-23-10-11-8-16(27)25-15-7-2-1-6-14(15)17(11)26-18/h1-7,9-10H,8H2,(H,25,27)(H,23,24,26). The first-order chi connectivity index (χ1) is 13.4. The maximum atomic E-state index is 12.4. The lowest BCUT2D eigenvalue weighted by Crippen LogP contribution is -2.17. The molecule has 0 saturated heterocycles. The fraction of sp³-hybridized carbons (Fsp3) is 0.105. The number of para-hydroxylation sites is 1. The van der Waals surface area contributed by atoms with E-state index in [2.05, 4.69) is 25.3 Å². The van der Waals surface area contributed by atoms with Crippen molar-refractivity contribution in [1.82, 2.24) is 9.97 Å². The molecule has 0 saturated carbocycles. The molecule has 1 aliphatic heterocycles. The molecular formula is C19H13F3N4O2. The minimum Gasteiger partial charge on any atom is -0.406 e. The van der Waals surface area contributed by atoms with Crippen molar-refractivity contribution >= 4 is 23.2 Å². The molecule has 0 aliphatic carbocycles. The number of anilines is 3. The second kappa shape index (κ2) is 6.84. The molecule has 0 bridgehead atoms. The summed E-state index contributed by atoms with van der Waals surface area (Å²) in [6.45, 7) is 0. The lowest BCUT2D eigenvalue weighted by Gasteiger charge is -2.12. The zero-order valence-electron chi connectivity index (χ0n) is 14.2. The zero-order valence-corrected chi connectivity index (χ0v) is 14.2. The molecule has 28 heavy (non-hydrogen) atoms. The third-order valence-electron chi connectivity index (χ3n) is 4.00. The SMILES string of the molecule is O=C1Cc2cnc(Nc3cccc(OC(F)(F)F)c3)nc2-c2ccccc2N1. The topological polar surface area (TPSA) is 76.1 Å². The highest BCUT2D eigenvalue weighted by atomic mass is 19.4. The number of rotatable bonds is 3. The molecule has 2 aromatic carbocycles. The number of aromatic nitrogens is 2. The first kappa shape index (κ1) is 17.8. The van der Waals surface area contributed by atoms with Crippen LogP contribution >= 0.6 is 0 Å². The Balaban J connectivity index is 1.67. The van der Waals surface area contributed by atoms with Gasteiger partial charge in [-0.15, -0.1) is 13.2 Å². The molecular weight excluding hydrogens is 373 g/mol. The van der Waals surface area contributed by atoms with Crippen LogP contribution in [0.2, 0.25) is 0 Å². The van der Waals surface area contributed by atoms with Gasteiger partial charge in [-0.2, -0.15) is 0 Å². The zero-order chi connectivity index (χ0) is 19.7. The lowest BCUT2D eigenvalue weighted by atomic mass is 10.1. The van der Waals surface area contributed by atoms with E-state index in [4.69, 9.17) is 0 Å². The number of nitrogens with one attached hydrogen (secondary N) is 2. The lowest BCUT2D eigenvalue weighted by molar-refractivity contribution is -0.274. The number of carbonyl (C=O) groups excluding carboxylic acids is 1. The van der Waals surface area contributed by atoms with Crippen LogP contribution in [0.4, 0.5) is 30.5 Å². The maximum Gasteiger partial charge on any atom is 0.573 e. The number of hydrogen-bond acceptors (Lipinski definition) is 5. The van der Waals surface area contributed by atoms with Gasteiger partial charge in [-0.3, -0.25) is 4.79 Å². The highest BCUT2D eigenvalue weighted by Crippen LogP contribution is 2.33. The summed E-state index contributed by atoms with van der Waals surface area (Å²) in [6.07, 6.45) is -3.12. The molecule has 2 heterocycles. The quantitative estimate of drug-likeness (QED) is 0.703. The summed E-state index contributed by atoms with van der Waals surface area (Å²) in [5.41, 5.74) is 2.94. The molecule has 2 N–H and O–H groups in total. The monoisotopic (exact) mass is 386 g/mol. The minimum atomic E-state index is -4.78. The van der Waals surface area contributed by atoms with Gasteiger partial charge < -0.3 is 15.4 Å². The van der Waals surface area contributed by atoms with Crippen LogP contribution in [0.3, 0.4) is 0 Å². The summed E-state index contributed by atoms with van der Waals surface area (Å²) >= 11 is 0. The van der Waals surface area contributed by atoms with E-state index < -0.39 is 6.36 Å². The van der Waals surface area contributed by atoms with E-state index in [0.717, 1.165) is 5.56 Å². The fourth-order valence-electron chi connectivity index (χ4n) is 2.90. The molecule has 1 aromatic heterocycles. The molecule has 1 amide bonds. The van der Waals surface area contributed by atoms with Gasteiger partial charge in [0.2, 0.25) is 11.9 Å². The Kier molecular flexibility index (Phi) is 4.34. The van der Waals surface area contributed by atoms with Gasteiger partial charge in [-0.05, 0) is 18.2 Å². The van der Waals surface area contributed by atoms with Crippen LogP contribution in [-0.2, 0) is 11.2 Å². The van der Waals surface area contributed by atoms with Gasteiger partial charge in [0.25, 0.3) is 0 Å². The Hall–Kier alpha value is -3.62. The largest absolute Gasteiger partial charge is 0.573 e. The number of fused-ring (bicyclic) bond motifs is 3. The normalized spacial score (nSPS) is 13.0. The van der Waals surface area contributed by atoms with Gasteiger partial charge in [0.1, 0.15) is 5.75 Å². The Morgan fingerprint density at radius 3 is 2.75 bits per heavy atom. The summed E-state index contributed by atoms with van der Waals surface area (Å²) in [7, 11) is 0. The first-order valence-electron chi connectivity index (χ1n) is 8.25. The summed E-state index contributed by atoms with van der Waals surface area (Å²) < 4.78 is 41.1. The third kappa shape index (κ3) is 3.88. The Bertz CT molecular complexity index is 1050. The number of ether oxygens (including phenoxy) is 1. The van der Waals surface area contributed by atoms with E-state index in [1.165, 1.54) is 24.4 Å². The van der Waals surface area contributed by atoms with Crippen LogP contribution < -0.4 is 15.4 Å². The highest BCUT2D eigenvalue weighted by Gasteiger charge is 2.31. The van der Waals surface area contributed by atoms with Crippen LogP contribution in [0.25, 0.3) is 11.3 Å². The number of carbonyl (C=O) groups is 1.